The molecule has 0 bridgehead atoms. The quantitative estimate of drug-likeness (QED) is 0.667. The maximum absolute atomic E-state index is 4.68. The van der Waals surface area contributed by atoms with E-state index < -0.39 is 0 Å². The van der Waals surface area contributed by atoms with Crippen LogP contribution in [0, 0.1) is 12.2 Å². The molecule has 1 radical (unpaired) electrons. The van der Waals surface area contributed by atoms with Crippen LogP contribution in [0.1, 0.15) is 12.8 Å². The number of rotatable bonds is 3. The van der Waals surface area contributed by atoms with Crippen molar-refractivity contribution < 1.29 is 4.52 Å². The molecule has 4 heteroatoms. The number of aromatic nitrogens is 2. The van der Waals surface area contributed by atoms with Gasteiger partial charge in [0.2, 0.25) is 6.33 Å². The predicted molar refractivity (Wildman–Crippen MR) is 34.3 cm³/mol. The Bertz CT molecular complexity index is 193. The Hall–Kier alpha value is -1.06. The summed E-state index contributed by atoms with van der Waals surface area (Å²) in [5, 5.41) is 6.36. The molecular weight excluding hydrogens is 130 g/mol. The second-order valence-corrected chi connectivity index (χ2v) is 2.52. The molecule has 4 nitrogen and oxygen atoms in total. The molecule has 0 spiro atoms. The van der Waals surface area contributed by atoms with Crippen LogP contribution < -0.4 is 5.32 Å². The Balaban J connectivity index is 1.79. The zero-order chi connectivity index (χ0) is 6.81. The first kappa shape index (κ1) is 5.70. The highest BCUT2D eigenvalue weighted by atomic mass is 16.5. The van der Waals surface area contributed by atoms with Crippen LogP contribution in [-0.4, -0.2) is 16.7 Å². The molecule has 53 valence electrons. The van der Waals surface area contributed by atoms with Gasteiger partial charge in [0.1, 0.15) is 0 Å². The van der Waals surface area contributed by atoms with Gasteiger partial charge < -0.3 is 9.84 Å². The molecule has 1 N–H and O–H groups in total. The van der Waals surface area contributed by atoms with Crippen LogP contribution in [0.5, 0.6) is 0 Å². The van der Waals surface area contributed by atoms with Crippen molar-refractivity contribution in [1.82, 2.24) is 10.1 Å². The van der Waals surface area contributed by atoms with Gasteiger partial charge in [-0.15, -0.1) is 0 Å². The van der Waals surface area contributed by atoms with Crippen LogP contribution in [-0.2, 0) is 0 Å². The number of hydrogen-bond acceptors (Lipinski definition) is 4. The summed E-state index contributed by atoms with van der Waals surface area (Å²) in [5.74, 6) is 0.826. The molecule has 0 saturated heterocycles. The molecule has 1 aliphatic carbocycles. The summed E-state index contributed by atoms with van der Waals surface area (Å²) in [6.07, 6.45) is 4.99. The van der Waals surface area contributed by atoms with E-state index in [1.807, 2.05) is 0 Å². The summed E-state index contributed by atoms with van der Waals surface area (Å²) in [5.41, 5.74) is 0. The van der Waals surface area contributed by atoms with Gasteiger partial charge in [0.05, 0.1) is 0 Å². The van der Waals surface area contributed by atoms with Gasteiger partial charge in [0.25, 0.3) is 0 Å². The molecule has 10 heavy (non-hydrogen) atoms. The lowest BCUT2D eigenvalue weighted by molar-refractivity contribution is 0.428. The molecule has 2 rings (SSSR count). The van der Waals surface area contributed by atoms with Crippen LogP contribution >= 0.6 is 0 Å². The van der Waals surface area contributed by atoms with Crippen molar-refractivity contribution in [3.63, 3.8) is 0 Å². The zero-order valence-corrected chi connectivity index (χ0v) is 5.50. The Morgan fingerprint density at radius 3 is 3.20 bits per heavy atom. The third-order valence-electron chi connectivity index (χ3n) is 1.56. The SMILES string of the molecule is [c]1noc(NCC2CC2)n1. The van der Waals surface area contributed by atoms with Crippen LogP contribution in [0.2, 0.25) is 0 Å². The molecule has 0 aromatic carbocycles. The summed E-state index contributed by atoms with van der Waals surface area (Å²) < 4.78 is 4.68. The van der Waals surface area contributed by atoms with Crippen molar-refractivity contribution in [3.05, 3.63) is 6.33 Å². The number of anilines is 1. The largest absolute Gasteiger partial charge is 0.337 e. The number of nitrogens with zero attached hydrogens (tertiary/aromatic N) is 2. The van der Waals surface area contributed by atoms with Crippen LogP contribution in [0.3, 0.4) is 0 Å². The molecule has 1 aromatic rings. The van der Waals surface area contributed by atoms with Crippen molar-refractivity contribution in [2.24, 2.45) is 5.92 Å². The van der Waals surface area contributed by atoms with E-state index in [-0.39, 0.29) is 0 Å². The summed E-state index contributed by atoms with van der Waals surface area (Å²) in [4.78, 5) is 3.70. The molecule has 1 aromatic heterocycles. The lowest BCUT2D eigenvalue weighted by atomic mass is 10.4. The molecule has 1 aliphatic rings. The molecule has 1 fully saturated rings. The second kappa shape index (κ2) is 2.28. The van der Waals surface area contributed by atoms with Gasteiger partial charge in [-0.1, -0.05) is 5.16 Å². The predicted octanol–water partition coefficient (Wildman–Crippen LogP) is 0.692. The normalized spacial score (nSPS) is 17.2. The minimum absolute atomic E-state index is 0.479. The maximum atomic E-state index is 4.68. The first-order valence-corrected chi connectivity index (χ1v) is 3.39. The maximum Gasteiger partial charge on any atom is 0.321 e. The highest BCUT2D eigenvalue weighted by molar-refractivity contribution is 5.16. The lowest BCUT2D eigenvalue weighted by Crippen LogP contribution is -2.02. The van der Waals surface area contributed by atoms with Gasteiger partial charge in [-0.3, -0.25) is 0 Å². The van der Waals surface area contributed by atoms with E-state index in [0.29, 0.717) is 6.01 Å². The fourth-order valence-corrected chi connectivity index (χ4v) is 0.775. The van der Waals surface area contributed by atoms with E-state index in [2.05, 4.69) is 26.3 Å². The molecule has 0 atom stereocenters. The average Bonchev–Trinajstić information content (AvgIpc) is 2.63. The summed E-state index contributed by atoms with van der Waals surface area (Å²) >= 11 is 0. The highest BCUT2D eigenvalue weighted by Gasteiger charge is 2.21. The molecule has 1 saturated carbocycles. The molecular formula is C6H8N3O. The van der Waals surface area contributed by atoms with Crippen LogP contribution in [0.25, 0.3) is 0 Å². The summed E-state index contributed by atoms with van der Waals surface area (Å²) in [6, 6.07) is 0.479. The minimum atomic E-state index is 0.479. The van der Waals surface area contributed by atoms with Gasteiger partial charge in [-0.05, 0) is 18.8 Å². The number of nitrogens with one attached hydrogen (secondary N) is 1. The van der Waals surface area contributed by atoms with E-state index >= 15 is 0 Å². The summed E-state index contributed by atoms with van der Waals surface area (Å²) in [6.45, 7) is 0.954. The fraction of sp³-hybridized carbons (Fsp3) is 0.667. The fourth-order valence-electron chi connectivity index (χ4n) is 0.775. The third-order valence-corrected chi connectivity index (χ3v) is 1.56. The highest BCUT2D eigenvalue weighted by Crippen LogP contribution is 2.28. The van der Waals surface area contributed by atoms with Crippen molar-refractivity contribution in [1.29, 1.82) is 0 Å². The van der Waals surface area contributed by atoms with Gasteiger partial charge >= 0.3 is 6.01 Å². The van der Waals surface area contributed by atoms with E-state index in [0.717, 1.165) is 12.5 Å². The van der Waals surface area contributed by atoms with Gasteiger partial charge in [-0.25, -0.2) is 0 Å². The van der Waals surface area contributed by atoms with Crippen LogP contribution in [0.4, 0.5) is 6.01 Å². The first-order valence-electron chi connectivity index (χ1n) is 3.39. The van der Waals surface area contributed by atoms with E-state index in [4.69, 9.17) is 0 Å². The Morgan fingerprint density at radius 1 is 1.70 bits per heavy atom. The van der Waals surface area contributed by atoms with Gasteiger partial charge in [0.15, 0.2) is 0 Å². The van der Waals surface area contributed by atoms with Crippen molar-refractivity contribution in [2.45, 2.75) is 12.8 Å². The van der Waals surface area contributed by atoms with Crippen molar-refractivity contribution in [3.8, 4) is 0 Å². The van der Waals surface area contributed by atoms with E-state index in [1.165, 1.54) is 12.8 Å². The van der Waals surface area contributed by atoms with Crippen molar-refractivity contribution >= 4 is 6.01 Å². The smallest absolute Gasteiger partial charge is 0.321 e. The average molecular weight is 138 g/mol. The van der Waals surface area contributed by atoms with Crippen molar-refractivity contribution in [2.75, 3.05) is 11.9 Å². The topological polar surface area (TPSA) is 51.0 Å². The number of hydrogen-bond donors (Lipinski definition) is 1. The molecule has 0 amide bonds. The second-order valence-electron chi connectivity index (χ2n) is 2.52. The monoisotopic (exact) mass is 138 g/mol. The van der Waals surface area contributed by atoms with Gasteiger partial charge in [-0.2, -0.15) is 4.98 Å². The zero-order valence-electron chi connectivity index (χ0n) is 5.50. The molecule has 0 unspecified atom stereocenters. The molecule has 0 aliphatic heterocycles. The summed E-state index contributed by atoms with van der Waals surface area (Å²) in [7, 11) is 0. The first-order chi connectivity index (χ1) is 4.95. The standard InChI is InChI=1S/C6H8N3O/c1-2-5(1)3-7-6-8-4-9-10-6/h5H,1-3H2,(H,7,8,9). The third kappa shape index (κ3) is 1.26. The van der Waals surface area contributed by atoms with Crippen LogP contribution in [0.15, 0.2) is 4.52 Å². The Kier molecular flexibility index (Phi) is 1.30. The van der Waals surface area contributed by atoms with E-state index in [9.17, 15) is 0 Å². The van der Waals surface area contributed by atoms with Gasteiger partial charge in [0, 0.05) is 6.54 Å². The minimum Gasteiger partial charge on any atom is -0.337 e. The molecule has 1 heterocycles. The Morgan fingerprint density at radius 2 is 2.60 bits per heavy atom. The van der Waals surface area contributed by atoms with E-state index in [1.54, 1.807) is 0 Å². The lowest BCUT2D eigenvalue weighted by Gasteiger charge is -1.94. The Labute approximate surface area is 58.6 Å².